The van der Waals surface area contributed by atoms with E-state index in [1.54, 1.807) is 36.6 Å². The highest BCUT2D eigenvalue weighted by Gasteiger charge is 2.20. The van der Waals surface area contributed by atoms with E-state index in [2.05, 4.69) is 10.6 Å². The van der Waals surface area contributed by atoms with E-state index >= 15 is 0 Å². The van der Waals surface area contributed by atoms with Gasteiger partial charge in [-0.1, -0.05) is 17.8 Å². The van der Waals surface area contributed by atoms with Gasteiger partial charge in [0.05, 0.1) is 10.1 Å². The van der Waals surface area contributed by atoms with Gasteiger partial charge in [-0.15, -0.1) is 11.3 Å². The molecular formula is C18H18N2O5S2. The van der Waals surface area contributed by atoms with Gasteiger partial charge >= 0.3 is 5.97 Å². The molecule has 1 heterocycles. The molecule has 2 aromatic rings. The third-order valence-electron chi connectivity index (χ3n) is 3.19. The predicted octanol–water partition coefficient (Wildman–Crippen LogP) is 2.69. The lowest BCUT2D eigenvalue weighted by molar-refractivity contribution is -0.135. The molecule has 0 saturated carbocycles. The van der Waals surface area contributed by atoms with Crippen LogP contribution in [0.25, 0.3) is 0 Å². The van der Waals surface area contributed by atoms with Crippen molar-refractivity contribution < 1.29 is 23.9 Å². The van der Waals surface area contributed by atoms with E-state index in [9.17, 15) is 19.2 Å². The van der Waals surface area contributed by atoms with Gasteiger partial charge in [-0.25, -0.2) is 4.79 Å². The van der Waals surface area contributed by atoms with Gasteiger partial charge in [-0.05, 0) is 42.6 Å². The van der Waals surface area contributed by atoms with Crippen LogP contribution in [0.3, 0.4) is 0 Å². The highest BCUT2D eigenvalue weighted by molar-refractivity contribution is 8.15. The number of hydrogen-bond donors (Lipinski definition) is 2. The van der Waals surface area contributed by atoms with Crippen LogP contribution < -0.4 is 15.4 Å². The Morgan fingerprint density at radius 1 is 1.15 bits per heavy atom. The molecule has 0 aliphatic rings. The Hall–Kier alpha value is -2.65. The summed E-state index contributed by atoms with van der Waals surface area (Å²) >= 11 is 2.21. The van der Waals surface area contributed by atoms with E-state index in [1.807, 2.05) is 0 Å². The average Bonchev–Trinajstić information content (AvgIpc) is 3.15. The van der Waals surface area contributed by atoms with Gasteiger partial charge in [0.15, 0.2) is 0 Å². The minimum Gasteiger partial charge on any atom is -0.425 e. The largest absolute Gasteiger partial charge is 0.425 e. The normalized spacial score (nSPS) is 11.3. The minimum atomic E-state index is -0.641. The van der Waals surface area contributed by atoms with Crippen molar-refractivity contribution in [2.24, 2.45) is 0 Å². The zero-order valence-corrected chi connectivity index (χ0v) is 16.3. The Labute approximate surface area is 164 Å². The topological polar surface area (TPSA) is 102 Å². The number of rotatable bonds is 7. The lowest BCUT2D eigenvalue weighted by atomic mass is 10.3. The number of esters is 1. The number of ether oxygens (including phenoxy) is 1. The molecule has 0 aliphatic carbocycles. The number of thiophene rings is 1. The monoisotopic (exact) mass is 406 g/mol. The van der Waals surface area contributed by atoms with Crippen LogP contribution in [0.4, 0.5) is 5.69 Å². The van der Waals surface area contributed by atoms with Crippen molar-refractivity contribution in [3.63, 3.8) is 0 Å². The van der Waals surface area contributed by atoms with Gasteiger partial charge in [-0.3, -0.25) is 14.4 Å². The lowest BCUT2D eigenvalue weighted by Gasteiger charge is -2.11. The van der Waals surface area contributed by atoms with Crippen LogP contribution in [0, 0.1) is 0 Å². The standard InChI is InChI=1S/C18H18N2O5S2/c1-11(27-18(24)15-4-3-9-26-15)17(23)19-10-16(22)25-14-7-5-13(6-8-14)20-12(2)21/h3-9,11H,10H2,1-2H3,(H,19,23)(H,20,21). The fourth-order valence-corrected chi connectivity index (χ4v) is 3.49. The van der Waals surface area contributed by atoms with Crippen LogP contribution >= 0.6 is 23.1 Å². The fraction of sp³-hybridized carbons (Fsp3) is 0.222. The van der Waals surface area contributed by atoms with Gasteiger partial charge in [-0.2, -0.15) is 0 Å². The number of carbonyl (C=O) groups is 4. The van der Waals surface area contributed by atoms with Crippen molar-refractivity contribution in [2.45, 2.75) is 19.1 Å². The maximum atomic E-state index is 12.0. The maximum Gasteiger partial charge on any atom is 0.330 e. The summed E-state index contributed by atoms with van der Waals surface area (Å²) in [5, 5.41) is 6.02. The van der Waals surface area contributed by atoms with E-state index in [0.717, 1.165) is 11.8 Å². The van der Waals surface area contributed by atoms with Crippen molar-refractivity contribution in [1.82, 2.24) is 5.32 Å². The first-order chi connectivity index (χ1) is 12.8. The number of amides is 2. The number of nitrogens with one attached hydrogen (secondary N) is 2. The molecule has 0 fully saturated rings. The van der Waals surface area contributed by atoms with E-state index in [0.29, 0.717) is 16.3 Å². The third kappa shape index (κ3) is 6.87. The predicted molar refractivity (Wildman–Crippen MR) is 105 cm³/mol. The van der Waals surface area contributed by atoms with Crippen LogP contribution in [0.5, 0.6) is 5.75 Å². The Morgan fingerprint density at radius 2 is 1.85 bits per heavy atom. The van der Waals surface area contributed by atoms with Gasteiger partial charge in [0.2, 0.25) is 16.9 Å². The summed E-state index contributed by atoms with van der Waals surface area (Å²) < 4.78 is 5.11. The molecule has 1 atom stereocenters. The second kappa shape index (κ2) is 9.89. The summed E-state index contributed by atoms with van der Waals surface area (Å²) in [6, 6.07) is 9.71. The van der Waals surface area contributed by atoms with Crippen LogP contribution in [-0.4, -0.2) is 34.7 Å². The number of benzene rings is 1. The van der Waals surface area contributed by atoms with Crippen LogP contribution in [0.2, 0.25) is 0 Å². The molecule has 0 saturated heterocycles. The van der Waals surface area contributed by atoms with Crippen LogP contribution in [-0.2, 0) is 14.4 Å². The first kappa shape index (κ1) is 20.7. The van der Waals surface area contributed by atoms with Gasteiger partial charge in [0.1, 0.15) is 12.3 Å². The Balaban J connectivity index is 1.76. The molecule has 27 heavy (non-hydrogen) atoms. The Bertz CT molecular complexity index is 819. The van der Waals surface area contributed by atoms with Crippen LogP contribution in [0.15, 0.2) is 41.8 Å². The summed E-state index contributed by atoms with van der Waals surface area (Å²) in [6.07, 6.45) is 0. The molecule has 0 radical (unpaired) electrons. The molecule has 7 nitrogen and oxygen atoms in total. The van der Waals surface area contributed by atoms with Crippen molar-refractivity contribution in [3.8, 4) is 5.75 Å². The minimum absolute atomic E-state index is 0.186. The van der Waals surface area contributed by atoms with Crippen molar-refractivity contribution in [2.75, 3.05) is 11.9 Å². The van der Waals surface area contributed by atoms with Crippen LogP contribution in [0.1, 0.15) is 23.5 Å². The lowest BCUT2D eigenvalue weighted by Crippen LogP contribution is -2.36. The highest BCUT2D eigenvalue weighted by Crippen LogP contribution is 2.21. The number of thioether (sulfide) groups is 1. The molecule has 2 N–H and O–H groups in total. The molecule has 1 aromatic carbocycles. The summed E-state index contributed by atoms with van der Waals surface area (Å²) in [5.41, 5.74) is 0.580. The highest BCUT2D eigenvalue weighted by atomic mass is 32.2. The molecular weight excluding hydrogens is 388 g/mol. The second-order valence-electron chi connectivity index (χ2n) is 5.42. The third-order valence-corrected chi connectivity index (χ3v) is 5.19. The molecule has 1 unspecified atom stereocenters. The van der Waals surface area contributed by atoms with E-state index in [4.69, 9.17) is 4.74 Å². The SMILES string of the molecule is CC(=O)Nc1ccc(OC(=O)CNC(=O)C(C)SC(=O)c2cccs2)cc1. The zero-order valence-electron chi connectivity index (χ0n) is 14.7. The first-order valence-corrected chi connectivity index (χ1v) is 9.71. The smallest absolute Gasteiger partial charge is 0.330 e. The summed E-state index contributed by atoms with van der Waals surface area (Å²) in [6.45, 7) is 2.67. The van der Waals surface area contributed by atoms with Gasteiger partial charge in [0, 0.05) is 12.6 Å². The van der Waals surface area contributed by atoms with E-state index in [1.165, 1.54) is 30.4 Å². The zero-order chi connectivity index (χ0) is 19.8. The summed E-state index contributed by atoms with van der Waals surface area (Å²) in [5.74, 6) is -0.981. The fourth-order valence-electron chi connectivity index (χ4n) is 1.95. The molecule has 1 aromatic heterocycles. The number of anilines is 1. The second-order valence-corrected chi connectivity index (χ2v) is 7.68. The molecule has 0 bridgehead atoms. The number of hydrogen-bond acceptors (Lipinski definition) is 7. The molecule has 0 aliphatic heterocycles. The quantitative estimate of drug-likeness (QED) is 0.542. The van der Waals surface area contributed by atoms with Gasteiger partial charge < -0.3 is 15.4 Å². The Morgan fingerprint density at radius 3 is 2.44 bits per heavy atom. The Kier molecular flexibility index (Phi) is 7.56. The summed E-state index contributed by atoms with van der Waals surface area (Å²) in [7, 11) is 0. The maximum absolute atomic E-state index is 12.0. The average molecular weight is 406 g/mol. The number of carbonyl (C=O) groups excluding carboxylic acids is 4. The van der Waals surface area contributed by atoms with E-state index in [-0.39, 0.29) is 17.6 Å². The molecule has 0 spiro atoms. The van der Waals surface area contributed by atoms with Crippen molar-refractivity contribution in [1.29, 1.82) is 0 Å². The van der Waals surface area contributed by atoms with Gasteiger partial charge in [0.25, 0.3) is 0 Å². The summed E-state index contributed by atoms with van der Waals surface area (Å²) in [4.78, 5) is 47.4. The molecule has 2 rings (SSSR count). The van der Waals surface area contributed by atoms with Crippen molar-refractivity contribution >= 4 is 51.7 Å². The molecule has 2 amide bonds. The molecule has 9 heteroatoms. The first-order valence-electron chi connectivity index (χ1n) is 7.95. The van der Waals surface area contributed by atoms with E-state index < -0.39 is 17.1 Å². The molecule has 142 valence electrons. The van der Waals surface area contributed by atoms with Crippen molar-refractivity contribution in [3.05, 3.63) is 46.7 Å².